The highest BCUT2D eigenvalue weighted by Crippen LogP contribution is 2.21. The molecule has 0 rings (SSSR count). The average Bonchev–Trinajstić information content (AvgIpc) is 2.08. The van der Waals surface area contributed by atoms with E-state index in [1.807, 2.05) is 6.08 Å². The van der Waals surface area contributed by atoms with Gasteiger partial charge >= 0.3 is 6.18 Å². The topological polar surface area (TPSA) is 0 Å². The van der Waals surface area contributed by atoms with Gasteiger partial charge in [0.15, 0.2) is 0 Å². The van der Waals surface area contributed by atoms with E-state index in [0.717, 1.165) is 12.8 Å². The van der Waals surface area contributed by atoms with Gasteiger partial charge in [-0.25, -0.2) is 0 Å². The molecular weight excluding hydrogens is 189 g/mol. The van der Waals surface area contributed by atoms with Crippen molar-refractivity contribution in [3.8, 4) is 0 Å². The summed E-state index contributed by atoms with van der Waals surface area (Å²) in [5.41, 5.74) is 0. The van der Waals surface area contributed by atoms with Crippen LogP contribution in [0.1, 0.15) is 51.9 Å². The molecule has 0 aliphatic rings. The van der Waals surface area contributed by atoms with Crippen molar-refractivity contribution in [3.05, 3.63) is 12.2 Å². The van der Waals surface area contributed by atoms with E-state index in [1.165, 1.54) is 19.3 Å². The number of alkyl halides is 3. The lowest BCUT2D eigenvalue weighted by Crippen LogP contribution is -2.05. The first-order valence-electron chi connectivity index (χ1n) is 5.28. The number of rotatable bonds is 7. The van der Waals surface area contributed by atoms with E-state index in [0.29, 0.717) is 0 Å². The highest BCUT2D eigenvalue weighted by Gasteiger charge is 2.25. The Kier molecular flexibility index (Phi) is 7.63. The van der Waals surface area contributed by atoms with Gasteiger partial charge in [0.1, 0.15) is 0 Å². The maximum absolute atomic E-state index is 11.7. The second-order valence-corrected chi connectivity index (χ2v) is 3.47. The van der Waals surface area contributed by atoms with Crippen LogP contribution in [0, 0.1) is 0 Å². The highest BCUT2D eigenvalue weighted by atomic mass is 19.4. The molecule has 0 aromatic heterocycles. The Morgan fingerprint density at radius 2 is 1.57 bits per heavy atom. The van der Waals surface area contributed by atoms with Gasteiger partial charge in [0.2, 0.25) is 0 Å². The molecule has 3 heteroatoms. The average molecular weight is 208 g/mol. The summed E-state index contributed by atoms with van der Waals surface area (Å²) in [5, 5.41) is 0. The fraction of sp³-hybridized carbons (Fsp3) is 0.818. The van der Waals surface area contributed by atoms with Gasteiger partial charge in [-0.3, -0.25) is 0 Å². The van der Waals surface area contributed by atoms with Crippen molar-refractivity contribution >= 4 is 0 Å². The van der Waals surface area contributed by atoms with Gasteiger partial charge in [0, 0.05) is 6.42 Å². The normalized spacial score (nSPS) is 12.6. The fourth-order valence-electron chi connectivity index (χ4n) is 1.17. The van der Waals surface area contributed by atoms with Crippen LogP contribution in [-0.2, 0) is 0 Å². The third kappa shape index (κ3) is 11.5. The Balaban J connectivity index is 3.20. The lowest BCUT2D eigenvalue weighted by molar-refractivity contribution is -0.133. The Bertz CT molecular complexity index is 147. The summed E-state index contributed by atoms with van der Waals surface area (Å²) in [6.45, 7) is 2.14. The van der Waals surface area contributed by atoms with E-state index in [-0.39, 0.29) is 6.42 Å². The van der Waals surface area contributed by atoms with Crippen LogP contribution in [0.5, 0.6) is 0 Å². The van der Waals surface area contributed by atoms with Crippen molar-refractivity contribution in [3.63, 3.8) is 0 Å². The molecular formula is C11H19F3. The number of halogens is 3. The van der Waals surface area contributed by atoms with Crippen LogP contribution in [0.15, 0.2) is 12.2 Å². The van der Waals surface area contributed by atoms with Crippen LogP contribution in [0.25, 0.3) is 0 Å². The Labute approximate surface area is 84.2 Å². The first-order valence-corrected chi connectivity index (χ1v) is 5.28. The van der Waals surface area contributed by atoms with Crippen molar-refractivity contribution in [1.82, 2.24) is 0 Å². The summed E-state index contributed by atoms with van der Waals surface area (Å²) in [4.78, 5) is 0. The summed E-state index contributed by atoms with van der Waals surface area (Å²) >= 11 is 0. The predicted octanol–water partition coefficient (Wildman–Crippen LogP) is 4.86. The van der Waals surface area contributed by atoms with Crippen LogP contribution in [-0.4, -0.2) is 6.18 Å². The van der Waals surface area contributed by atoms with E-state index < -0.39 is 12.6 Å². The zero-order valence-electron chi connectivity index (χ0n) is 8.74. The first kappa shape index (κ1) is 13.5. The van der Waals surface area contributed by atoms with E-state index in [4.69, 9.17) is 0 Å². The molecule has 0 aromatic rings. The molecule has 0 saturated heterocycles. The zero-order valence-corrected chi connectivity index (χ0v) is 8.74. The summed E-state index contributed by atoms with van der Waals surface area (Å²) in [6, 6.07) is 0. The summed E-state index contributed by atoms with van der Waals surface area (Å²) < 4.78 is 35.1. The number of hydrogen-bond donors (Lipinski definition) is 0. The van der Waals surface area contributed by atoms with Crippen LogP contribution in [0.2, 0.25) is 0 Å². The minimum atomic E-state index is -4.01. The third-order valence-corrected chi connectivity index (χ3v) is 1.99. The van der Waals surface area contributed by atoms with Crippen LogP contribution >= 0.6 is 0 Å². The molecule has 0 saturated carbocycles. The van der Waals surface area contributed by atoms with Crippen LogP contribution in [0.3, 0.4) is 0 Å². The van der Waals surface area contributed by atoms with Gasteiger partial charge in [-0.2, -0.15) is 13.2 Å². The number of hydrogen-bond acceptors (Lipinski definition) is 0. The number of unbranched alkanes of at least 4 members (excludes halogenated alkanes) is 4. The van der Waals surface area contributed by atoms with Crippen molar-refractivity contribution < 1.29 is 13.2 Å². The van der Waals surface area contributed by atoms with Gasteiger partial charge < -0.3 is 0 Å². The van der Waals surface area contributed by atoms with E-state index in [1.54, 1.807) is 6.08 Å². The van der Waals surface area contributed by atoms with E-state index >= 15 is 0 Å². The summed E-state index contributed by atoms with van der Waals surface area (Å²) in [5.74, 6) is 0. The minimum absolute atomic E-state index is 0.122. The summed E-state index contributed by atoms with van der Waals surface area (Å²) in [7, 11) is 0. The lowest BCUT2D eigenvalue weighted by atomic mass is 10.1. The SMILES string of the molecule is CCCCCC/C=C/CCC(F)(F)F. The molecule has 0 atom stereocenters. The van der Waals surface area contributed by atoms with Crippen molar-refractivity contribution in [1.29, 1.82) is 0 Å². The quantitative estimate of drug-likeness (QED) is 0.414. The van der Waals surface area contributed by atoms with E-state index in [2.05, 4.69) is 6.92 Å². The second-order valence-electron chi connectivity index (χ2n) is 3.47. The molecule has 0 nitrogen and oxygen atoms in total. The maximum atomic E-state index is 11.7. The standard InChI is InChI=1S/C11H19F3/c1-2-3-4-5-6-7-8-9-10-11(12,13)14/h7-8H,2-6,9-10H2,1H3/b8-7+. The van der Waals surface area contributed by atoms with Crippen LogP contribution < -0.4 is 0 Å². The second kappa shape index (κ2) is 7.89. The highest BCUT2D eigenvalue weighted by molar-refractivity contribution is 4.82. The molecule has 0 amide bonds. The van der Waals surface area contributed by atoms with Gasteiger partial charge in [0.25, 0.3) is 0 Å². The molecule has 0 aromatic carbocycles. The molecule has 0 unspecified atom stereocenters. The van der Waals surface area contributed by atoms with Crippen molar-refractivity contribution in [2.75, 3.05) is 0 Å². The Morgan fingerprint density at radius 1 is 0.929 bits per heavy atom. The Morgan fingerprint density at radius 3 is 2.14 bits per heavy atom. The van der Waals surface area contributed by atoms with Gasteiger partial charge in [-0.05, 0) is 19.3 Å². The fourth-order valence-corrected chi connectivity index (χ4v) is 1.17. The van der Waals surface area contributed by atoms with Gasteiger partial charge in [-0.1, -0.05) is 38.3 Å². The molecule has 0 aliphatic heterocycles. The third-order valence-electron chi connectivity index (χ3n) is 1.99. The van der Waals surface area contributed by atoms with Crippen molar-refractivity contribution in [2.45, 2.75) is 58.0 Å². The van der Waals surface area contributed by atoms with Gasteiger partial charge in [0.05, 0.1) is 0 Å². The minimum Gasteiger partial charge on any atom is -0.171 e. The molecule has 0 fully saturated rings. The molecule has 0 aliphatic carbocycles. The monoisotopic (exact) mass is 208 g/mol. The zero-order chi connectivity index (χ0) is 10.9. The molecule has 0 spiro atoms. The smallest absolute Gasteiger partial charge is 0.171 e. The maximum Gasteiger partial charge on any atom is 0.389 e. The molecule has 0 radical (unpaired) electrons. The molecule has 0 heterocycles. The molecule has 0 N–H and O–H groups in total. The van der Waals surface area contributed by atoms with Crippen LogP contribution in [0.4, 0.5) is 13.2 Å². The predicted molar refractivity (Wildman–Crippen MR) is 53.2 cm³/mol. The molecule has 14 heavy (non-hydrogen) atoms. The number of allylic oxidation sites excluding steroid dienone is 2. The molecule has 0 bridgehead atoms. The van der Waals surface area contributed by atoms with Gasteiger partial charge in [-0.15, -0.1) is 0 Å². The summed E-state index contributed by atoms with van der Waals surface area (Å²) in [6.07, 6.45) is 4.52. The van der Waals surface area contributed by atoms with E-state index in [9.17, 15) is 13.2 Å². The Hall–Kier alpha value is -0.470. The largest absolute Gasteiger partial charge is 0.389 e. The molecule has 84 valence electrons. The van der Waals surface area contributed by atoms with Crippen molar-refractivity contribution in [2.24, 2.45) is 0 Å². The lowest BCUT2D eigenvalue weighted by Gasteiger charge is -2.01. The first-order chi connectivity index (χ1) is 6.56.